The van der Waals surface area contributed by atoms with Crippen molar-refractivity contribution in [1.82, 2.24) is 4.98 Å². The Labute approximate surface area is 179 Å². The van der Waals surface area contributed by atoms with E-state index in [1.165, 1.54) is 13.2 Å². The summed E-state index contributed by atoms with van der Waals surface area (Å²) in [5.41, 5.74) is 4.14. The van der Waals surface area contributed by atoms with Crippen LogP contribution in [-0.4, -0.2) is 23.8 Å². The van der Waals surface area contributed by atoms with Crippen LogP contribution in [0.2, 0.25) is 0 Å². The molecule has 1 aromatic heterocycles. The number of rotatable bonds is 5. The maximum atomic E-state index is 12.7. The number of methoxy groups -OCH3 is 1. The molecule has 0 aliphatic heterocycles. The zero-order valence-corrected chi connectivity index (χ0v) is 17.0. The zero-order chi connectivity index (χ0) is 21.8. The van der Waals surface area contributed by atoms with E-state index in [0.29, 0.717) is 42.0 Å². The summed E-state index contributed by atoms with van der Waals surface area (Å²) in [7, 11) is 1.35. The summed E-state index contributed by atoms with van der Waals surface area (Å²) in [4.78, 5) is 38.4. The number of aromatic amines is 1. The first-order valence-electron chi connectivity index (χ1n) is 9.91. The van der Waals surface area contributed by atoms with Crippen molar-refractivity contribution in [1.29, 1.82) is 0 Å². The number of ketones is 1. The van der Waals surface area contributed by atoms with Gasteiger partial charge in [-0.3, -0.25) is 9.59 Å². The van der Waals surface area contributed by atoms with Crippen LogP contribution in [0, 0.1) is 0 Å². The third-order valence-corrected chi connectivity index (χ3v) is 5.18. The summed E-state index contributed by atoms with van der Waals surface area (Å²) in [6.45, 7) is 0.370. The topological polar surface area (TPSA) is 85.5 Å². The first-order chi connectivity index (χ1) is 15.0. The Morgan fingerprint density at radius 1 is 0.968 bits per heavy atom. The third-order valence-electron chi connectivity index (χ3n) is 5.18. The average Bonchev–Trinajstić information content (AvgIpc) is 2.80. The van der Waals surface area contributed by atoms with Gasteiger partial charge in [-0.15, -0.1) is 0 Å². The van der Waals surface area contributed by atoms with Crippen LogP contribution in [0.1, 0.15) is 44.0 Å². The lowest BCUT2D eigenvalue weighted by molar-refractivity contribution is 0.0600. The number of hydrogen-bond acceptors (Lipinski definition) is 5. The highest BCUT2D eigenvalue weighted by Crippen LogP contribution is 2.25. The second-order valence-corrected chi connectivity index (χ2v) is 7.26. The van der Waals surface area contributed by atoms with E-state index in [9.17, 15) is 14.4 Å². The normalized spacial score (nSPS) is 14.2. The molecule has 1 aliphatic carbocycles. The van der Waals surface area contributed by atoms with E-state index in [4.69, 9.17) is 4.74 Å². The SMILES string of the molecule is COC(=O)c1ccc(COc2ccc(C=C3CCc4[nH]c(=O)ccc4C3=O)cc2)cc1. The number of carbonyl (C=O) groups is 2. The Balaban J connectivity index is 1.40. The van der Waals surface area contributed by atoms with Gasteiger partial charge in [0.05, 0.1) is 12.7 Å². The molecule has 156 valence electrons. The number of allylic oxidation sites excluding steroid dienone is 1. The summed E-state index contributed by atoms with van der Waals surface area (Å²) >= 11 is 0. The van der Waals surface area contributed by atoms with Crippen molar-refractivity contribution in [2.75, 3.05) is 7.11 Å². The van der Waals surface area contributed by atoms with Gasteiger partial charge in [0, 0.05) is 22.9 Å². The molecule has 0 fully saturated rings. The van der Waals surface area contributed by atoms with Crippen LogP contribution < -0.4 is 10.3 Å². The molecule has 3 aromatic rings. The van der Waals surface area contributed by atoms with E-state index in [0.717, 1.165) is 16.7 Å². The van der Waals surface area contributed by atoms with Crippen LogP contribution in [0.4, 0.5) is 0 Å². The monoisotopic (exact) mass is 415 g/mol. The summed E-state index contributed by atoms with van der Waals surface area (Å²) in [5, 5.41) is 0. The van der Waals surface area contributed by atoms with Gasteiger partial charge in [0.2, 0.25) is 5.56 Å². The molecule has 6 heteroatoms. The van der Waals surface area contributed by atoms with E-state index in [2.05, 4.69) is 9.72 Å². The number of aromatic nitrogens is 1. The minimum Gasteiger partial charge on any atom is -0.489 e. The van der Waals surface area contributed by atoms with Crippen molar-refractivity contribution in [2.45, 2.75) is 19.4 Å². The fraction of sp³-hybridized carbons (Fsp3) is 0.160. The van der Waals surface area contributed by atoms with E-state index in [1.54, 1.807) is 18.2 Å². The highest BCUT2D eigenvalue weighted by Gasteiger charge is 2.22. The number of carbonyl (C=O) groups excluding carboxylic acids is 2. The molecular weight excluding hydrogens is 394 g/mol. The fourth-order valence-corrected chi connectivity index (χ4v) is 3.49. The predicted octanol–water partition coefficient (Wildman–Crippen LogP) is 3.95. The van der Waals surface area contributed by atoms with Crippen molar-refractivity contribution in [3.8, 4) is 5.75 Å². The van der Waals surface area contributed by atoms with E-state index < -0.39 is 0 Å². The molecule has 0 unspecified atom stereocenters. The first kappa shape index (κ1) is 20.3. The van der Waals surface area contributed by atoms with Crippen molar-refractivity contribution in [2.24, 2.45) is 0 Å². The number of Topliss-reactive ketones (excluding diaryl/α,β-unsaturated/α-hetero) is 1. The number of esters is 1. The van der Waals surface area contributed by atoms with Crippen LogP contribution in [0.3, 0.4) is 0 Å². The molecular formula is C25H21NO5. The largest absolute Gasteiger partial charge is 0.489 e. The fourth-order valence-electron chi connectivity index (χ4n) is 3.49. The molecule has 2 aromatic carbocycles. The highest BCUT2D eigenvalue weighted by molar-refractivity contribution is 6.12. The first-order valence-corrected chi connectivity index (χ1v) is 9.91. The molecule has 0 amide bonds. The Morgan fingerprint density at radius 3 is 2.42 bits per heavy atom. The summed E-state index contributed by atoms with van der Waals surface area (Å²) < 4.78 is 10.5. The molecule has 31 heavy (non-hydrogen) atoms. The summed E-state index contributed by atoms with van der Waals surface area (Å²) in [6, 6.07) is 17.5. The van der Waals surface area contributed by atoms with Crippen molar-refractivity contribution in [3.63, 3.8) is 0 Å². The van der Waals surface area contributed by atoms with Crippen LogP contribution in [0.15, 0.2) is 71.0 Å². The Bertz CT molecular complexity index is 1200. The number of hydrogen-bond donors (Lipinski definition) is 1. The van der Waals surface area contributed by atoms with Gasteiger partial charge < -0.3 is 14.5 Å². The Hall–Kier alpha value is -3.93. The van der Waals surface area contributed by atoms with Gasteiger partial charge in [0.15, 0.2) is 5.78 Å². The van der Waals surface area contributed by atoms with Crippen molar-refractivity contribution < 1.29 is 19.1 Å². The van der Waals surface area contributed by atoms with Gasteiger partial charge in [0.25, 0.3) is 0 Å². The minimum atomic E-state index is -0.370. The molecule has 6 nitrogen and oxygen atoms in total. The van der Waals surface area contributed by atoms with Gasteiger partial charge in [-0.05, 0) is 60.4 Å². The number of pyridine rings is 1. The lowest BCUT2D eigenvalue weighted by Gasteiger charge is -2.16. The van der Waals surface area contributed by atoms with Gasteiger partial charge in [0.1, 0.15) is 12.4 Å². The maximum absolute atomic E-state index is 12.7. The van der Waals surface area contributed by atoms with Crippen LogP contribution in [0.5, 0.6) is 5.75 Å². The molecule has 1 N–H and O–H groups in total. The van der Waals surface area contributed by atoms with Gasteiger partial charge in [-0.2, -0.15) is 0 Å². The molecule has 0 saturated heterocycles. The molecule has 4 rings (SSSR count). The van der Waals surface area contributed by atoms with Gasteiger partial charge in [-0.25, -0.2) is 4.79 Å². The van der Waals surface area contributed by atoms with Crippen LogP contribution >= 0.6 is 0 Å². The molecule has 1 heterocycles. The number of H-pyrrole nitrogens is 1. The second-order valence-electron chi connectivity index (χ2n) is 7.26. The average molecular weight is 415 g/mol. The second kappa shape index (κ2) is 8.83. The van der Waals surface area contributed by atoms with E-state index in [1.807, 2.05) is 42.5 Å². The quantitative estimate of drug-likeness (QED) is 0.504. The summed E-state index contributed by atoms with van der Waals surface area (Å²) in [5.74, 6) is 0.288. The number of benzene rings is 2. The van der Waals surface area contributed by atoms with E-state index >= 15 is 0 Å². The predicted molar refractivity (Wildman–Crippen MR) is 116 cm³/mol. The molecule has 0 saturated carbocycles. The summed E-state index contributed by atoms with van der Waals surface area (Å²) in [6.07, 6.45) is 3.11. The Kier molecular flexibility index (Phi) is 5.80. The number of fused-ring (bicyclic) bond motifs is 1. The van der Waals surface area contributed by atoms with Gasteiger partial charge in [-0.1, -0.05) is 24.3 Å². The standard InChI is InChI=1S/C25H21NO5/c1-30-25(29)18-6-2-17(3-7-18)15-31-20-9-4-16(5-10-20)14-19-8-12-22-21(24(19)28)11-13-23(27)26-22/h2-7,9-11,13-14H,8,12,15H2,1H3,(H,26,27). The third kappa shape index (κ3) is 4.64. The lowest BCUT2D eigenvalue weighted by atomic mass is 9.89. The van der Waals surface area contributed by atoms with Crippen LogP contribution in [-0.2, 0) is 17.8 Å². The highest BCUT2D eigenvalue weighted by atomic mass is 16.5. The van der Waals surface area contributed by atoms with Gasteiger partial charge >= 0.3 is 5.97 Å². The van der Waals surface area contributed by atoms with Crippen molar-refractivity contribution in [3.05, 3.63) is 105 Å². The molecule has 0 radical (unpaired) electrons. The number of nitrogens with one attached hydrogen (secondary N) is 1. The minimum absolute atomic E-state index is 0.0479. The zero-order valence-electron chi connectivity index (χ0n) is 17.0. The number of aryl methyl sites for hydroxylation is 1. The smallest absolute Gasteiger partial charge is 0.337 e. The molecule has 1 aliphatic rings. The Morgan fingerprint density at radius 2 is 1.71 bits per heavy atom. The molecule has 0 atom stereocenters. The molecule has 0 spiro atoms. The van der Waals surface area contributed by atoms with E-state index in [-0.39, 0.29) is 17.3 Å². The lowest BCUT2D eigenvalue weighted by Crippen LogP contribution is -2.19. The van der Waals surface area contributed by atoms with Crippen LogP contribution in [0.25, 0.3) is 6.08 Å². The van der Waals surface area contributed by atoms with Crippen molar-refractivity contribution >= 4 is 17.8 Å². The molecule has 0 bridgehead atoms. The maximum Gasteiger partial charge on any atom is 0.337 e. The number of ether oxygens (including phenoxy) is 2.